The third-order valence-electron chi connectivity index (χ3n) is 4.73. The van der Waals surface area contributed by atoms with E-state index >= 15 is 0 Å². The summed E-state index contributed by atoms with van der Waals surface area (Å²) < 4.78 is 12.4. The van der Waals surface area contributed by atoms with Crippen molar-refractivity contribution in [1.82, 2.24) is 4.90 Å². The molecule has 1 aromatic carbocycles. The number of ether oxygens (including phenoxy) is 2. The van der Waals surface area contributed by atoms with E-state index in [1.54, 1.807) is 0 Å². The van der Waals surface area contributed by atoms with Gasteiger partial charge in [-0.1, -0.05) is 34.1 Å². The largest absolute Gasteiger partial charge is 0.329 e. The minimum Gasteiger partial charge on any atom is -0.329 e. The first-order chi connectivity index (χ1) is 10.2. The number of alkyl halides is 1. The predicted molar refractivity (Wildman–Crippen MR) is 81.1 cm³/mol. The van der Waals surface area contributed by atoms with Crippen molar-refractivity contribution in [3.8, 4) is 0 Å². The Balaban J connectivity index is 1.90. The Kier molecular flexibility index (Phi) is 3.14. The van der Waals surface area contributed by atoms with Gasteiger partial charge in [0.15, 0.2) is 0 Å². The van der Waals surface area contributed by atoms with E-state index in [9.17, 15) is 4.79 Å². The lowest BCUT2D eigenvalue weighted by Gasteiger charge is -2.53. The highest BCUT2D eigenvalue weighted by Gasteiger charge is 2.61. The second-order valence-electron chi connectivity index (χ2n) is 5.83. The molecule has 2 fully saturated rings. The van der Waals surface area contributed by atoms with Crippen LogP contribution in [-0.4, -0.2) is 34.4 Å². The highest BCUT2D eigenvalue weighted by atomic mass is 79.9. The van der Waals surface area contributed by atoms with Crippen molar-refractivity contribution >= 4 is 21.8 Å². The predicted octanol–water partition coefficient (Wildman–Crippen LogP) is 3.00. The molecule has 1 aromatic rings. The Bertz CT molecular complexity index is 593. The second kappa shape index (κ2) is 4.80. The minimum atomic E-state index is -1.03. The fourth-order valence-electron chi connectivity index (χ4n) is 3.90. The maximum Gasteiger partial charge on any atom is 0.284 e. The Labute approximate surface area is 132 Å². The molecule has 1 saturated carbocycles. The van der Waals surface area contributed by atoms with E-state index < -0.39 is 5.91 Å². The lowest BCUT2D eigenvalue weighted by molar-refractivity contribution is -0.359. The molecular formula is C16H18BrNO3. The van der Waals surface area contributed by atoms with Crippen molar-refractivity contribution in [2.45, 2.75) is 49.1 Å². The number of hydrogen-bond acceptors (Lipinski definition) is 3. The van der Waals surface area contributed by atoms with E-state index in [0.29, 0.717) is 12.2 Å². The Morgan fingerprint density at radius 3 is 3.05 bits per heavy atom. The third kappa shape index (κ3) is 1.71. The lowest BCUT2D eigenvalue weighted by atomic mass is 9.89. The summed E-state index contributed by atoms with van der Waals surface area (Å²) in [4.78, 5) is 14.9. The zero-order valence-electron chi connectivity index (χ0n) is 11.9. The first-order valence-electron chi connectivity index (χ1n) is 7.58. The molecule has 4 rings (SSSR count). The van der Waals surface area contributed by atoms with Gasteiger partial charge in [-0.15, -0.1) is 0 Å². The van der Waals surface area contributed by atoms with E-state index in [4.69, 9.17) is 9.47 Å². The van der Waals surface area contributed by atoms with Gasteiger partial charge in [0, 0.05) is 12.2 Å². The smallest absolute Gasteiger partial charge is 0.284 e. The van der Waals surface area contributed by atoms with Crippen molar-refractivity contribution in [2.24, 2.45) is 0 Å². The molecule has 4 nitrogen and oxygen atoms in total. The molecule has 3 aliphatic rings. The first-order valence-corrected chi connectivity index (χ1v) is 8.49. The van der Waals surface area contributed by atoms with Crippen molar-refractivity contribution in [1.29, 1.82) is 0 Å². The maximum atomic E-state index is 12.9. The van der Waals surface area contributed by atoms with Gasteiger partial charge in [0.1, 0.15) is 0 Å². The topological polar surface area (TPSA) is 38.8 Å². The van der Waals surface area contributed by atoms with Gasteiger partial charge in [0.05, 0.1) is 22.5 Å². The number of hydrogen-bond donors (Lipinski definition) is 0. The van der Waals surface area contributed by atoms with Crippen LogP contribution in [0, 0.1) is 0 Å². The molecule has 2 heterocycles. The number of amides is 1. The molecule has 1 amide bonds. The van der Waals surface area contributed by atoms with Crippen LogP contribution in [0.15, 0.2) is 24.3 Å². The fourth-order valence-corrected chi connectivity index (χ4v) is 4.77. The van der Waals surface area contributed by atoms with E-state index in [1.165, 1.54) is 0 Å². The molecule has 1 aliphatic carbocycles. The summed E-state index contributed by atoms with van der Waals surface area (Å²) in [5, 5.41) is 0. The van der Waals surface area contributed by atoms with Gasteiger partial charge < -0.3 is 9.47 Å². The van der Waals surface area contributed by atoms with Crippen molar-refractivity contribution in [3.05, 3.63) is 35.4 Å². The molecule has 112 valence electrons. The van der Waals surface area contributed by atoms with Crippen LogP contribution in [0.4, 0.5) is 0 Å². The third-order valence-corrected chi connectivity index (χ3v) is 5.93. The fraction of sp³-hybridized carbons (Fsp3) is 0.562. The zero-order valence-corrected chi connectivity index (χ0v) is 13.5. The first kappa shape index (κ1) is 13.7. The van der Waals surface area contributed by atoms with Crippen LogP contribution in [0.2, 0.25) is 0 Å². The van der Waals surface area contributed by atoms with E-state index in [-0.39, 0.29) is 22.9 Å². The molecule has 2 aliphatic heterocycles. The summed E-state index contributed by atoms with van der Waals surface area (Å²) in [6.45, 7) is 2.45. The average Bonchev–Trinajstić information content (AvgIpc) is 2.71. The Morgan fingerprint density at radius 2 is 2.24 bits per heavy atom. The van der Waals surface area contributed by atoms with E-state index in [0.717, 1.165) is 24.8 Å². The number of carbonyl (C=O) groups excluding carboxylic acids is 1. The molecule has 21 heavy (non-hydrogen) atoms. The monoisotopic (exact) mass is 351 g/mol. The molecule has 0 radical (unpaired) electrons. The molecule has 2 bridgehead atoms. The SMILES string of the molecule is CCO[C@@]12O[C@@H]3CCC[C@@H]([C@H]3Br)N1C(=O)c1ccccc12. The normalized spacial score (nSPS) is 37.3. The van der Waals surface area contributed by atoms with Gasteiger partial charge in [-0.05, 0) is 32.3 Å². The second-order valence-corrected chi connectivity index (χ2v) is 6.89. The number of nitrogens with zero attached hydrogens (tertiary/aromatic N) is 1. The average molecular weight is 352 g/mol. The van der Waals surface area contributed by atoms with E-state index in [2.05, 4.69) is 15.9 Å². The maximum absolute atomic E-state index is 12.9. The summed E-state index contributed by atoms with van der Waals surface area (Å²) >= 11 is 3.74. The van der Waals surface area contributed by atoms with Gasteiger partial charge in [-0.25, -0.2) is 0 Å². The van der Waals surface area contributed by atoms with Gasteiger partial charge in [-0.2, -0.15) is 0 Å². The summed E-state index contributed by atoms with van der Waals surface area (Å²) in [6.07, 6.45) is 3.17. The van der Waals surface area contributed by atoms with Crippen molar-refractivity contribution in [3.63, 3.8) is 0 Å². The summed E-state index contributed by atoms with van der Waals surface area (Å²) in [6, 6.07) is 7.78. The van der Waals surface area contributed by atoms with Crippen LogP contribution in [0.25, 0.3) is 0 Å². The number of halogens is 1. The molecule has 0 spiro atoms. The number of fused-ring (bicyclic) bond motifs is 6. The van der Waals surface area contributed by atoms with Crippen LogP contribution in [0.5, 0.6) is 0 Å². The van der Waals surface area contributed by atoms with Crippen LogP contribution in [0.3, 0.4) is 0 Å². The highest BCUT2D eigenvalue weighted by molar-refractivity contribution is 9.09. The van der Waals surface area contributed by atoms with Crippen LogP contribution < -0.4 is 0 Å². The highest BCUT2D eigenvalue weighted by Crippen LogP contribution is 2.51. The Hall–Kier alpha value is -0.910. The van der Waals surface area contributed by atoms with Gasteiger partial charge >= 0.3 is 0 Å². The summed E-state index contributed by atoms with van der Waals surface area (Å²) in [5.74, 6) is -1.00. The molecular weight excluding hydrogens is 334 g/mol. The van der Waals surface area contributed by atoms with Crippen LogP contribution in [0.1, 0.15) is 42.1 Å². The van der Waals surface area contributed by atoms with Gasteiger partial charge in [0.2, 0.25) is 0 Å². The molecule has 4 atom stereocenters. The van der Waals surface area contributed by atoms with Gasteiger partial charge in [-0.3, -0.25) is 9.69 Å². The quantitative estimate of drug-likeness (QED) is 0.768. The van der Waals surface area contributed by atoms with Crippen LogP contribution in [-0.2, 0) is 15.4 Å². The number of benzene rings is 1. The number of rotatable bonds is 2. The number of carbonyl (C=O) groups is 1. The molecule has 5 heteroatoms. The molecule has 0 N–H and O–H groups in total. The molecule has 1 saturated heterocycles. The lowest BCUT2D eigenvalue weighted by Crippen LogP contribution is -2.65. The van der Waals surface area contributed by atoms with Gasteiger partial charge in [0.25, 0.3) is 11.8 Å². The van der Waals surface area contributed by atoms with Crippen LogP contribution >= 0.6 is 15.9 Å². The standard InChI is InChI=1S/C16H18BrNO3/c1-2-20-16-11-7-4-3-6-10(11)15(19)18(16)12-8-5-9-13(21-16)14(12)17/h3-4,6-7,12-14H,2,5,8-9H2,1H3/t12-,13+,14+,16-/m0/s1. The Morgan fingerprint density at radius 1 is 1.43 bits per heavy atom. The minimum absolute atomic E-state index is 0.0221. The van der Waals surface area contributed by atoms with E-state index in [1.807, 2.05) is 36.1 Å². The molecule has 0 aromatic heterocycles. The van der Waals surface area contributed by atoms with Crippen molar-refractivity contribution in [2.75, 3.05) is 6.61 Å². The molecule has 0 unspecified atom stereocenters. The zero-order chi connectivity index (χ0) is 14.6. The summed E-state index contributed by atoms with van der Waals surface area (Å²) in [5.41, 5.74) is 1.56. The van der Waals surface area contributed by atoms with Crippen molar-refractivity contribution < 1.29 is 14.3 Å². The summed E-state index contributed by atoms with van der Waals surface area (Å²) in [7, 11) is 0.